The first kappa shape index (κ1) is 13.1. The number of hydrogen-bond acceptors (Lipinski definition) is 3. The van der Waals surface area contributed by atoms with Crippen molar-refractivity contribution >= 4 is 23.1 Å². The van der Waals surface area contributed by atoms with Gasteiger partial charge in [0.05, 0.1) is 18.2 Å². The normalized spacial score (nSPS) is 15.1. The van der Waals surface area contributed by atoms with Crippen LogP contribution in [0.4, 0.5) is 5.69 Å². The number of benzene rings is 1. The molecule has 0 atom stereocenters. The molecule has 2 N–H and O–H groups in total. The first-order valence-electron chi connectivity index (χ1n) is 4.44. The van der Waals surface area contributed by atoms with Crippen molar-refractivity contribution < 1.29 is 17.2 Å². The van der Waals surface area contributed by atoms with Crippen LogP contribution in [-0.2, 0) is 17.4 Å². The molecule has 7 heteroatoms. The summed E-state index contributed by atoms with van der Waals surface area (Å²) in [4.78, 5) is 0. The summed E-state index contributed by atoms with van der Waals surface area (Å²) in [5, 5.41) is 0. The molecule has 0 aliphatic rings. The Bertz CT molecular complexity index is 554. The van der Waals surface area contributed by atoms with Gasteiger partial charge in [-0.15, -0.1) is 0 Å². The molecule has 1 rings (SSSR count). The standard InChI is InChI=1S/C9H15NO4S2/c1-8-4-6-9(7-5-8)10-16(3,13,14)15(2,11)12/h4-7H,1-3H3,(H2,10,13,14). The van der Waals surface area contributed by atoms with Gasteiger partial charge in [-0.1, -0.05) is 17.7 Å². The molecular weight excluding hydrogens is 250 g/mol. The summed E-state index contributed by atoms with van der Waals surface area (Å²) in [5.41, 5.74) is 1.26. The van der Waals surface area contributed by atoms with Crippen LogP contribution in [0.3, 0.4) is 0 Å². The molecule has 0 spiro atoms. The Balaban J connectivity index is 3.16. The minimum atomic E-state index is -4.90. The van der Waals surface area contributed by atoms with Gasteiger partial charge in [-0.05, 0) is 27.6 Å². The zero-order chi connectivity index (χ0) is 12.6. The summed E-state index contributed by atoms with van der Waals surface area (Å²) < 4.78 is 46.3. The fraction of sp³-hybridized carbons (Fsp3) is 0.333. The van der Waals surface area contributed by atoms with Crippen molar-refractivity contribution in [3.63, 3.8) is 0 Å². The van der Waals surface area contributed by atoms with Crippen LogP contribution >= 0.6 is 0 Å². The van der Waals surface area contributed by atoms with Crippen LogP contribution in [-0.4, -0.2) is 29.7 Å². The Kier molecular flexibility index (Phi) is 2.91. The molecular formula is C9H15NO4S2. The van der Waals surface area contributed by atoms with E-state index in [4.69, 9.17) is 0 Å². The van der Waals surface area contributed by atoms with E-state index >= 15 is 0 Å². The zero-order valence-electron chi connectivity index (χ0n) is 9.30. The Morgan fingerprint density at radius 3 is 2.06 bits per heavy atom. The van der Waals surface area contributed by atoms with Crippen molar-refractivity contribution in [1.29, 1.82) is 0 Å². The van der Waals surface area contributed by atoms with Crippen LogP contribution in [0, 0.1) is 6.92 Å². The largest absolute Gasteiger partial charge is 0.277 e. The quantitative estimate of drug-likeness (QED) is 0.804. The molecule has 0 heterocycles. The predicted octanol–water partition coefficient (Wildman–Crippen LogP) is 1.20. The molecule has 0 aromatic heterocycles. The molecule has 92 valence electrons. The molecule has 0 saturated carbocycles. The Morgan fingerprint density at radius 2 is 1.69 bits per heavy atom. The fourth-order valence-corrected chi connectivity index (χ4v) is 2.53. The molecule has 1 aromatic carbocycles. The van der Waals surface area contributed by atoms with Crippen molar-refractivity contribution in [2.75, 3.05) is 17.2 Å². The third-order valence-corrected chi connectivity index (χ3v) is 8.77. The molecule has 16 heavy (non-hydrogen) atoms. The molecule has 0 amide bonds. The lowest BCUT2D eigenvalue weighted by molar-refractivity contribution is 0.533. The van der Waals surface area contributed by atoms with Gasteiger partial charge >= 0.3 is 0 Å². The van der Waals surface area contributed by atoms with Gasteiger partial charge in [-0.3, -0.25) is 9.27 Å². The second kappa shape index (κ2) is 3.54. The average Bonchev–Trinajstić information content (AvgIpc) is 2.05. The summed E-state index contributed by atoms with van der Waals surface area (Å²) in [5.74, 6) is 0. The van der Waals surface area contributed by atoms with Gasteiger partial charge in [0.15, 0.2) is 0 Å². The summed E-state index contributed by atoms with van der Waals surface area (Å²) in [7, 11) is -9.02. The van der Waals surface area contributed by atoms with E-state index in [9.17, 15) is 17.2 Å². The summed E-state index contributed by atoms with van der Waals surface area (Å²) >= 11 is 0. The Morgan fingerprint density at radius 1 is 1.25 bits per heavy atom. The summed E-state index contributed by atoms with van der Waals surface area (Å²) in [6.07, 6.45) is 1.51. The van der Waals surface area contributed by atoms with E-state index in [1.807, 2.05) is 6.92 Å². The lowest BCUT2D eigenvalue weighted by Crippen LogP contribution is -2.45. The monoisotopic (exact) mass is 265 g/mol. The van der Waals surface area contributed by atoms with E-state index in [-0.39, 0.29) is 5.69 Å². The van der Waals surface area contributed by atoms with E-state index in [2.05, 4.69) is 4.72 Å². The van der Waals surface area contributed by atoms with E-state index in [1.165, 1.54) is 0 Å². The van der Waals surface area contributed by atoms with Crippen LogP contribution in [0.2, 0.25) is 0 Å². The summed E-state index contributed by atoms with van der Waals surface area (Å²) in [6, 6.07) is 6.53. The van der Waals surface area contributed by atoms with Crippen molar-refractivity contribution in [3.8, 4) is 0 Å². The minimum Gasteiger partial charge on any atom is -0.277 e. The molecule has 0 saturated heterocycles. The molecule has 0 fully saturated rings. The van der Waals surface area contributed by atoms with E-state index in [0.717, 1.165) is 18.1 Å². The lowest BCUT2D eigenvalue weighted by Gasteiger charge is -2.38. The number of rotatable bonds is 3. The highest BCUT2D eigenvalue weighted by molar-refractivity contribution is 8.79. The van der Waals surface area contributed by atoms with Crippen LogP contribution in [0.1, 0.15) is 5.56 Å². The van der Waals surface area contributed by atoms with Gasteiger partial charge in [0.25, 0.3) is 8.87 Å². The van der Waals surface area contributed by atoms with Gasteiger partial charge in [0, 0.05) is 0 Å². The second-order valence-electron chi connectivity index (χ2n) is 3.87. The molecule has 0 aliphatic carbocycles. The van der Waals surface area contributed by atoms with Crippen LogP contribution in [0.25, 0.3) is 0 Å². The third kappa shape index (κ3) is 2.60. The van der Waals surface area contributed by atoms with E-state index in [0.29, 0.717) is 0 Å². The molecule has 0 aliphatic heterocycles. The third-order valence-electron chi connectivity index (χ3n) is 2.11. The Hall–Kier alpha value is -0.920. The minimum absolute atomic E-state index is 0.290. The van der Waals surface area contributed by atoms with Crippen LogP contribution < -0.4 is 4.72 Å². The highest BCUT2D eigenvalue weighted by atomic mass is 33.2. The van der Waals surface area contributed by atoms with Crippen molar-refractivity contribution in [1.82, 2.24) is 0 Å². The first-order chi connectivity index (χ1) is 7.00. The lowest BCUT2D eigenvalue weighted by atomic mass is 10.2. The van der Waals surface area contributed by atoms with E-state index < -0.39 is 17.4 Å². The van der Waals surface area contributed by atoms with Gasteiger partial charge in [-0.25, -0.2) is 8.42 Å². The molecule has 0 unspecified atom stereocenters. The highest BCUT2D eigenvalue weighted by Crippen LogP contribution is 2.26. The summed E-state index contributed by atoms with van der Waals surface area (Å²) in [6.45, 7) is 1.86. The van der Waals surface area contributed by atoms with Crippen LogP contribution in [0.5, 0.6) is 0 Å². The number of nitrogens with one attached hydrogen (secondary N) is 1. The first-order valence-corrected chi connectivity index (χ1v) is 9.18. The van der Waals surface area contributed by atoms with Crippen molar-refractivity contribution in [2.24, 2.45) is 0 Å². The zero-order valence-corrected chi connectivity index (χ0v) is 10.9. The number of anilines is 1. The second-order valence-corrected chi connectivity index (χ2v) is 12.0. The van der Waals surface area contributed by atoms with E-state index in [1.54, 1.807) is 24.3 Å². The topological polar surface area (TPSA) is 83.5 Å². The maximum atomic E-state index is 11.9. The Labute approximate surface area is 94.6 Å². The maximum Gasteiger partial charge on any atom is 0.255 e. The van der Waals surface area contributed by atoms with Crippen LogP contribution in [0.15, 0.2) is 24.3 Å². The van der Waals surface area contributed by atoms with Gasteiger partial charge in [0.2, 0.25) is 0 Å². The van der Waals surface area contributed by atoms with Gasteiger partial charge in [0.1, 0.15) is 0 Å². The smallest absolute Gasteiger partial charge is 0.255 e. The van der Waals surface area contributed by atoms with Crippen molar-refractivity contribution in [3.05, 3.63) is 29.8 Å². The molecule has 5 nitrogen and oxygen atoms in total. The van der Waals surface area contributed by atoms with Crippen molar-refractivity contribution in [2.45, 2.75) is 6.92 Å². The predicted molar refractivity (Wildman–Crippen MR) is 66.3 cm³/mol. The molecule has 1 aromatic rings. The average molecular weight is 265 g/mol. The van der Waals surface area contributed by atoms with Gasteiger partial charge in [-0.2, -0.15) is 4.21 Å². The number of aryl methyl sites for hydroxylation is 1. The molecule has 0 bridgehead atoms. The number of hydrogen-bond donors (Lipinski definition) is 2. The maximum absolute atomic E-state index is 11.9. The highest BCUT2D eigenvalue weighted by Gasteiger charge is 2.32. The van der Waals surface area contributed by atoms with Gasteiger partial charge < -0.3 is 0 Å². The molecule has 0 radical (unpaired) electrons. The fourth-order valence-electron chi connectivity index (χ4n) is 0.964. The SMILES string of the molecule is Cc1ccc(NS(C)(=O)(O)S(C)(=O)=O)cc1.